The van der Waals surface area contributed by atoms with Crippen LogP contribution in [-0.2, 0) is 5.33 Å². The molecule has 0 saturated carbocycles. The minimum atomic E-state index is -0.372. The molecule has 0 spiro atoms. The van der Waals surface area contributed by atoms with Crippen LogP contribution in [0.5, 0.6) is 0 Å². The Balaban J connectivity index is 3.22. The van der Waals surface area contributed by atoms with E-state index in [1.807, 2.05) is 24.8 Å². The lowest BCUT2D eigenvalue weighted by molar-refractivity contribution is -0.384. The van der Waals surface area contributed by atoms with Crippen molar-refractivity contribution in [2.75, 3.05) is 11.4 Å². The largest absolute Gasteiger partial charge is 0.363 e. The van der Waals surface area contributed by atoms with Gasteiger partial charge in [-0.3, -0.25) is 10.1 Å². The van der Waals surface area contributed by atoms with Gasteiger partial charge < -0.3 is 4.90 Å². The molecule has 6 heteroatoms. The van der Waals surface area contributed by atoms with E-state index in [1.54, 1.807) is 12.1 Å². The number of nitriles is 1. The van der Waals surface area contributed by atoms with Gasteiger partial charge in [-0.05, 0) is 25.5 Å². The second kappa shape index (κ2) is 7.10. The molecule has 0 aliphatic carbocycles. The Bertz CT molecular complexity index is 497. The van der Waals surface area contributed by atoms with Gasteiger partial charge in [-0.15, -0.1) is 0 Å². The highest BCUT2D eigenvalue weighted by Gasteiger charge is 2.21. The number of hydrogen-bond donors (Lipinski definition) is 0. The summed E-state index contributed by atoms with van der Waals surface area (Å²) in [5.41, 5.74) is 1.52. The van der Waals surface area contributed by atoms with E-state index in [0.29, 0.717) is 24.0 Å². The molecule has 0 amide bonds. The maximum absolute atomic E-state index is 11.2. The molecule has 102 valence electrons. The number of rotatable bonds is 6. The smallest absolute Gasteiger partial charge is 0.292 e. The SMILES string of the molecule is CC(C)N(CCC#N)c1ccc(CBr)cc1[N+](=O)[O-]. The normalized spacial score (nSPS) is 10.3. The van der Waals surface area contributed by atoms with Gasteiger partial charge in [0.05, 0.1) is 17.4 Å². The average molecular weight is 326 g/mol. The van der Waals surface area contributed by atoms with Crippen molar-refractivity contribution in [3.8, 4) is 6.07 Å². The van der Waals surface area contributed by atoms with E-state index in [9.17, 15) is 10.1 Å². The summed E-state index contributed by atoms with van der Waals surface area (Å²) in [5, 5.41) is 20.5. The Morgan fingerprint density at radius 3 is 2.68 bits per heavy atom. The second-order valence-electron chi connectivity index (χ2n) is 4.41. The summed E-state index contributed by atoms with van der Waals surface area (Å²) in [6.45, 7) is 4.40. The summed E-state index contributed by atoms with van der Waals surface area (Å²) < 4.78 is 0. The number of hydrogen-bond acceptors (Lipinski definition) is 4. The fraction of sp³-hybridized carbons (Fsp3) is 0.462. The van der Waals surface area contributed by atoms with E-state index in [1.165, 1.54) is 0 Å². The van der Waals surface area contributed by atoms with Crippen LogP contribution in [0.4, 0.5) is 11.4 Å². The molecule has 0 aliphatic rings. The lowest BCUT2D eigenvalue weighted by Crippen LogP contribution is -2.32. The lowest BCUT2D eigenvalue weighted by atomic mass is 10.1. The third-order valence-corrected chi connectivity index (χ3v) is 3.44. The van der Waals surface area contributed by atoms with Gasteiger partial charge in [0.2, 0.25) is 0 Å². The molecular formula is C13H16BrN3O2. The molecule has 5 nitrogen and oxygen atoms in total. The monoisotopic (exact) mass is 325 g/mol. The fourth-order valence-corrected chi connectivity index (χ4v) is 2.22. The molecule has 0 radical (unpaired) electrons. The van der Waals surface area contributed by atoms with E-state index >= 15 is 0 Å². The molecule has 0 heterocycles. The van der Waals surface area contributed by atoms with Gasteiger partial charge in [0, 0.05) is 24.0 Å². The summed E-state index contributed by atoms with van der Waals surface area (Å²) in [6, 6.07) is 7.37. The van der Waals surface area contributed by atoms with Crippen LogP contribution >= 0.6 is 15.9 Å². The first-order chi connectivity index (χ1) is 9.01. The molecule has 0 atom stereocenters. The van der Waals surface area contributed by atoms with E-state index in [4.69, 9.17) is 5.26 Å². The summed E-state index contributed by atoms with van der Waals surface area (Å²) in [6.07, 6.45) is 0.343. The zero-order valence-corrected chi connectivity index (χ0v) is 12.6. The number of nitro groups is 1. The molecule has 0 bridgehead atoms. The Kier molecular flexibility index (Phi) is 5.77. The summed E-state index contributed by atoms with van der Waals surface area (Å²) in [7, 11) is 0. The zero-order chi connectivity index (χ0) is 14.4. The second-order valence-corrected chi connectivity index (χ2v) is 4.97. The fourth-order valence-electron chi connectivity index (χ4n) is 1.87. The third-order valence-electron chi connectivity index (χ3n) is 2.79. The third kappa shape index (κ3) is 3.93. The van der Waals surface area contributed by atoms with Crippen LogP contribution in [0.15, 0.2) is 18.2 Å². The summed E-state index contributed by atoms with van der Waals surface area (Å²) >= 11 is 3.29. The molecule has 0 fully saturated rings. The van der Waals surface area contributed by atoms with E-state index in [0.717, 1.165) is 5.56 Å². The van der Waals surface area contributed by atoms with Crippen molar-refractivity contribution in [2.24, 2.45) is 0 Å². The van der Waals surface area contributed by atoms with Gasteiger partial charge in [-0.2, -0.15) is 5.26 Å². The molecule has 19 heavy (non-hydrogen) atoms. The van der Waals surface area contributed by atoms with Gasteiger partial charge >= 0.3 is 0 Å². The maximum Gasteiger partial charge on any atom is 0.292 e. The van der Waals surface area contributed by atoms with Crippen molar-refractivity contribution in [3.63, 3.8) is 0 Å². The number of nitrogens with zero attached hydrogens (tertiary/aromatic N) is 3. The van der Waals surface area contributed by atoms with Crippen molar-refractivity contribution >= 4 is 27.3 Å². The molecule has 1 rings (SSSR count). The number of halogens is 1. The number of alkyl halides is 1. The summed E-state index contributed by atoms with van der Waals surface area (Å²) in [5.74, 6) is 0. The van der Waals surface area contributed by atoms with Crippen molar-refractivity contribution in [2.45, 2.75) is 31.6 Å². The van der Waals surface area contributed by atoms with Crippen molar-refractivity contribution in [1.29, 1.82) is 5.26 Å². The highest BCUT2D eigenvalue weighted by molar-refractivity contribution is 9.08. The van der Waals surface area contributed by atoms with E-state index < -0.39 is 0 Å². The number of nitro benzene ring substituents is 1. The van der Waals surface area contributed by atoms with Crippen LogP contribution in [0.25, 0.3) is 0 Å². The first kappa shape index (κ1) is 15.4. The van der Waals surface area contributed by atoms with Gasteiger partial charge in [0.25, 0.3) is 5.69 Å². The standard InChI is InChI=1S/C13H16BrN3O2/c1-10(2)16(7-3-6-15)12-5-4-11(9-14)8-13(12)17(18)19/h4-5,8,10H,3,7,9H2,1-2H3. The first-order valence-corrected chi connectivity index (χ1v) is 7.10. The highest BCUT2D eigenvalue weighted by atomic mass is 79.9. The summed E-state index contributed by atoms with van der Waals surface area (Å²) in [4.78, 5) is 12.7. The topological polar surface area (TPSA) is 70.2 Å². The highest BCUT2D eigenvalue weighted by Crippen LogP contribution is 2.31. The molecule has 0 saturated heterocycles. The molecule has 1 aromatic rings. The number of anilines is 1. The Morgan fingerprint density at radius 2 is 2.21 bits per heavy atom. The van der Waals surface area contributed by atoms with Gasteiger partial charge in [0.15, 0.2) is 0 Å². The van der Waals surface area contributed by atoms with Crippen LogP contribution in [0.3, 0.4) is 0 Å². The van der Waals surface area contributed by atoms with Crippen LogP contribution < -0.4 is 4.90 Å². The van der Waals surface area contributed by atoms with Crippen LogP contribution in [0, 0.1) is 21.4 Å². The lowest BCUT2D eigenvalue weighted by Gasteiger charge is -2.27. The predicted molar refractivity (Wildman–Crippen MR) is 78.4 cm³/mol. The molecule has 0 unspecified atom stereocenters. The van der Waals surface area contributed by atoms with Crippen LogP contribution in [0.2, 0.25) is 0 Å². The van der Waals surface area contributed by atoms with Crippen molar-refractivity contribution < 1.29 is 4.92 Å². The van der Waals surface area contributed by atoms with Crippen LogP contribution in [-0.4, -0.2) is 17.5 Å². The Labute approximate surface area is 121 Å². The Morgan fingerprint density at radius 1 is 1.53 bits per heavy atom. The van der Waals surface area contributed by atoms with Gasteiger partial charge in [-0.1, -0.05) is 22.0 Å². The minimum absolute atomic E-state index is 0.0867. The molecule has 1 aromatic carbocycles. The van der Waals surface area contributed by atoms with E-state index in [2.05, 4.69) is 22.0 Å². The quantitative estimate of drug-likeness (QED) is 0.455. The molecule has 0 aromatic heterocycles. The van der Waals surface area contributed by atoms with Crippen molar-refractivity contribution in [3.05, 3.63) is 33.9 Å². The van der Waals surface area contributed by atoms with Gasteiger partial charge in [0.1, 0.15) is 5.69 Å². The maximum atomic E-state index is 11.2. The van der Waals surface area contributed by atoms with E-state index in [-0.39, 0.29) is 16.7 Å². The Hall–Kier alpha value is -1.61. The van der Waals surface area contributed by atoms with Crippen molar-refractivity contribution in [1.82, 2.24) is 0 Å². The number of benzene rings is 1. The minimum Gasteiger partial charge on any atom is -0.363 e. The van der Waals surface area contributed by atoms with Crippen LogP contribution in [0.1, 0.15) is 25.8 Å². The predicted octanol–water partition coefficient (Wildman–Crippen LogP) is 3.62. The molecule has 0 N–H and O–H groups in total. The zero-order valence-electron chi connectivity index (χ0n) is 11.0. The first-order valence-electron chi connectivity index (χ1n) is 5.98. The average Bonchev–Trinajstić information content (AvgIpc) is 2.38. The van der Waals surface area contributed by atoms with Gasteiger partial charge in [-0.25, -0.2) is 0 Å². The molecule has 0 aliphatic heterocycles. The molecular weight excluding hydrogens is 310 g/mol.